The Hall–Kier alpha value is -1.06. The van der Waals surface area contributed by atoms with Crippen LogP contribution in [0.3, 0.4) is 0 Å². The van der Waals surface area contributed by atoms with Crippen LogP contribution < -0.4 is 5.32 Å². The molecule has 0 aromatic heterocycles. The number of carbonyl (C=O) groups excluding carboxylic acids is 2. The Kier molecular flexibility index (Phi) is 5.48. The predicted molar refractivity (Wildman–Crippen MR) is 62.9 cm³/mol. The molecule has 4 nitrogen and oxygen atoms in total. The molecule has 0 heterocycles. The molecule has 0 fully saturated rings. The van der Waals surface area contributed by atoms with Crippen LogP contribution in [0.4, 0.5) is 0 Å². The van der Waals surface area contributed by atoms with Crippen molar-refractivity contribution in [3.05, 3.63) is 0 Å². The first-order valence-electron chi connectivity index (χ1n) is 5.65. The van der Waals surface area contributed by atoms with Gasteiger partial charge in [0.1, 0.15) is 6.04 Å². The van der Waals surface area contributed by atoms with Crippen LogP contribution in [0.5, 0.6) is 0 Å². The van der Waals surface area contributed by atoms with Crippen molar-refractivity contribution in [3.8, 4) is 0 Å². The minimum Gasteiger partial charge on any atom is -0.467 e. The van der Waals surface area contributed by atoms with Crippen molar-refractivity contribution >= 4 is 11.9 Å². The lowest BCUT2D eigenvalue weighted by Gasteiger charge is -2.26. The molecule has 0 aromatic rings. The number of hydrogen-bond acceptors (Lipinski definition) is 3. The molecule has 0 aliphatic heterocycles. The van der Waals surface area contributed by atoms with Crippen LogP contribution in [0.25, 0.3) is 0 Å². The minimum absolute atomic E-state index is 0.0176. The van der Waals surface area contributed by atoms with Crippen molar-refractivity contribution in [2.24, 2.45) is 11.3 Å². The Morgan fingerprint density at radius 1 is 1.31 bits per heavy atom. The highest BCUT2D eigenvalue weighted by atomic mass is 16.5. The van der Waals surface area contributed by atoms with Gasteiger partial charge in [-0.3, -0.25) is 4.79 Å². The molecule has 16 heavy (non-hydrogen) atoms. The van der Waals surface area contributed by atoms with E-state index < -0.39 is 17.4 Å². The quantitative estimate of drug-likeness (QED) is 0.730. The maximum Gasteiger partial charge on any atom is 0.328 e. The Balaban J connectivity index is 4.65. The van der Waals surface area contributed by atoms with Gasteiger partial charge in [-0.1, -0.05) is 34.6 Å². The molecule has 0 aliphatic carbocycles. The van der Waals surface area contributed by atoms with E-state index in [0.29, 0.717) is 0 Å². The summed E-state index contributed by atoms with van der Waals surface area (Å²) in [6.07, 6.45) is 0.727. The summed E-state index contributed by atoms with van der Waals surface area (Å²) >= 11 is 0. The van der Waals surface area contributed by atoms with E-state index in [1.54, 1.807) is 0 Å². The van der Waals surface area contributed by atoms with E-state index in [9.17, 15) is 9.59 Å². The van der Waals surface area contributed by atoms with Gasteiger partial charge in [0.15, 0.2) is 0 Å². The van der Waals surface area contributed by atoms with Crippen LogP contribution in [0.1, 0.15) is 41.0 Å². The standard InChI is InChI=1S/C12H23NO3/c1-7-12(4,5)11(15)13-9(8(2)3)10(14)16-6/h8-9H,7H2,1-6H3,(H,13,15). The number of amides is 1. The lowest BCUT2D eigenvalue weighted by Crippen LogP contribution is -2.49. The fourth-order valence-corrected chi connectivity index (χ4v) is 1.12. The summed E-state index contributed by atoms with van der Waals surface area (Å²) in [7, 11) is 1.33. The maximum absolute atomic E-state index is 11.9. The normalized spacial score (nSPS) is 13.4. The third-order valence-electron chi connectivity index (χ3n) is 2.91. The smallest absolute Gasteiger partial charge is 0.328 e. The van der Waals surface area contributed by atoms with E-state index in [1.807, 2.05) is 34.6 Å². The number of hydrogen-bond donors (Lipinski definition) is 1. The van der Waals surface area contributed by atoms with E-state index in [4.69, 9.17) is 0 Å². The highest BCUT2D eigenvalue weighted by molar-refractivity contribution is 5.87. The largest absolute Gasteiger partial charge is 0.467 e. The van der Waals surface area contributed by atoms with Crippen LogP contribution in [-0.4, -0.2) is 25.0 Å². The molecule has 0 radical (unpaired) electrons. The molecule has 1 atom stereocenters. The molecule has 1 N–H and O–H groups in total. The summed E-state index contributed by atoms with van der Waals surface area (Å²) in [5.41, 5.74) is -0.457. The van der Waals surface area contributed by atoms with Crippen molar-refractivity contribution in [2.45, 2.75) is 47.1 Å². The second-order valence-corrected chi connectivity index (χ2v) is 4.96. The molecule has 0 rings (SSSR count). The zero-order chi connectivity index (χ0) is 12.9. The molecule has 0 saturated heterocycles. The number of ether oxygens (including phenoxy) is 1. The van der Waals surface area contributed by atoms with Gasteiger partial charge in [0.25, 0.3) is 0 Å². The third kappa shape index (κ3) is 3.83. The summed E-state index contributed by atoms with van der Waals surface area (Å²) in [6.45, 7) is 9.41. The van der Waals surface area contributed by atoms with Crippen molar-refractivity contribution in [2.75, 3.05) is 7.11 Å². The van der Waals surface area contributed by atoms with E-state index in [2.05, 4.69) is 10.1 Å². The van der Waals surface area contributed by atoms with E-state index in [0.717, 1.165) is 6.42 Å². The van der Waals surface area contributed by atoms with Crippen molar-refractivity contribution < 1.29 is 14.3 Å². The summed E-state index contributed by atoms with van der Waals surface area (Å²) in [6, 6.07) is -0.566. The predicted octanol–water partition coefficient (Wildman–Crippen LogP) is 1.74. The first-order valence-corrected chi connectivity index (χ1v) is 5.65. The SMILES string of the molecule is CCC(C)(C)C(=O)NC(C(=O)OC)C(C)C. The van der Waals surface area contributed by atoms with E-state index >= 15 is 0 Å². The van der Waals surface area contributed by atoms with Gasteiger partial charge in [-0.25, -0.2) is 4.79 Å². The first kappa shape index (κ1) is 14.9. The molecular weight excluding hydrogens is 206 g/mol. The van der Waals surface area contributed by atoms with Crippen LogP contribution >= 0.6 is 0 Å². The van der Waals surface area contributed by atoms with E-state index in [-0.39, 0.29) is 11.8 Å². The van der Waals surface area contributed by atoms with Gasteiger partial charge >= 0.3 is 5.97 Å². The Bertz CT molecular complexity index is 259. The van der Waals surface area contributed by atoms with Gasteiger partial charge in [-0.05, 0) is 12.3 Å². The molecule has 1 unspecified atom stereocenters. The molecule has 4 heteroatoms. The number of esters is 1. The number of carbonyl (C=O) groups is 2. The zero-order valence-electron chi connectivity index (χ0n) is 11.1. The Morgan fingerprint density at radius 3 is 2.12 bits per heavy atom. The Labute approximate surface area is 97.7 Å². The molecule has 0 spiro atoms. The van der Waals surface area contributed by atoms with Crippen molar-refractivity contribution in [3.63, 3.8) is 0 Å². The molecule has 0 aromatic carbocycles. The first-order chi connectivity index (χ1) is 7.26. The van der Waals surface area contributed by atoms with Crippen LogP contribution in [0.2, 0.25) is 0 Å². The van der Waals surface area contributed by atoms with Crippen LogP contribution in [0.15, 0.2) is 0 Å². The lowest BCUT2D eigenvalue weighted by atomic mass is 9.88. The van der Waals surface area contributed by atoms with Gasteiger partial charge < -0.3 is 10.1 Å². The van der Waals surface area contributed by atoms with Crippen molar-refractivity contribution in [1.82, 2.24) is 5.32 Å². The van der Waals surface area contributed by atoms with Crippen LogP contribution in [-0.2, 0) is 14.3 Å². The van der Waals surface area contributed by atoms with E-state index in [1.165, 1.54) is 7.11 Å². The summed E-state index contributed by atoms with van der Waals surface area (Å²) in [5.74, 6) is -0.488. The molecular formula is C12H23NO3. The number of methoxy groups -OCH3 is 1. The average Bonchev–Trinajstić information content (AvgIpc) is 2.23. The molecule has 0 aliphatic rings. The molecule has 94 valence electrons. The lowest BCUT2D eigenvalue weighted by molar-refractivity contribution is -0.147. The second-order valence-electron chi connectivity index (χ2n) is 4.96. The Morgan fingerprint density at radius 2 is 1.81 bits per heavy atom. The monoisotopic (exact) mass is 229 g/mol. The summed E-state index contributed by atoms with van der Waals surface area (Å²) < 4.78 is 4.67. The second kappa shape index (κ2) is 5.87. The summed E-state index contributed by atoms with van der Waals surface area (Å²) in [4.78, 5) is 23.4. The highest BCUT2D eigenvalue weighted by Crippen LogP contribution is 2.20. The van der Waals surface area contributed by atoms with Gasteiger partial charge in [0.2, 0.25) is 5.91 Å². The van der Waals surface area contributed by atoms with Gasteiger partial charge in [0, 0.05) is 5.41 Å². The fourth-order valence-electron chi connectivity index (χ4n) is 1.12. The summed E-state index contributed by atoms with van der Waals surface area (Å²) in [5, 5.41) is 2.74. The topological polar surface area (TPSA) is 55.4 Å². The fraction of sp³-hybridized carbons (Fsp3) is 0.833. The number of nitrogens with one attached hydrogen (secondary N) is 1. The van der Waals surface area contributed by atoms with Gasteiger partial charge in [-0.15, -0.1) is 0 Å². The van der Waals surface area contributed by atoms with Crippen LogP contribution in [0, 0.1) is 11.3 Å². The van der Waals surface area contributed by atoms with Crippen molar-refractivity contribution in [1.29, 1.82) is 0 Å². The highest BCUT2D eigenvalue weighted by Gasteiger charge is 2.31. The molecule has 0 saturated carbocycles. The maximum atomic E-state index is 11.9. The third-order valence-corrected chi connectivity index (χ3v) is 2.91. The average molecular weight is 229 g/mol. The molecule has 0 bridgehead atoms. The number of rotatable bonds is 5. The molecule has 1 amide bonds. The van der Waals surface area contributed by atoms with Gasteiger partial charge in [-0.2, -0.15) is 0 Å². The van der Waals surface area contributed by atoms with Gasteiger partial charge in [0.05, 0.1) is 7.11 Å². The minimum atomic E-state index is -0.566. The zero-order valence-corrected chi connectivity index (χ0v) is 11.1.